The van der Waals surface area contributed by atoms with Gasteiger partial charge < -0.3 is 16.1 Å². The van der Waals surface area contributed by atoms with Crippen LogP contribution in [0.5, 0.6) is 0 Å². The van der Waals surface area contributed by atoms with E-state index in [1.807, 2.05) is 0 Å². The van der Waals surface area contributed by atoms with Gasteiger partial charge in [0, 0.05) is 43.5 Å². The molecule has 2 heterocycles. The maximum Gasteiger partial charge on any atom is 0.276 e. The number of nitrogens with two attached hydrogens (primary N) is 1. The van der Waals surface area contributed by atoms with Crippen LogP contribution in [0.2, 0.25) is 0 Å². The van der Waals surface area contributed by atoms with Gasteiger partial charge in [0.25, 0.3) is 5.91 Å². The molecule has 0 aromatic carbocycles. The van der Waals surface area contributed by atoms with E-state index >= 15 is 0 Å². The summed E-state index contributed by atoms with van der Waals surface area (Å²) in [7, 11) is 1.35. The summed E-state index contributed by atoms with van der Waals surface area (Å²) in [5.41, 5.74) is 10.1. The Bertz CT molecular complexity index is 712. The predicted octanol–water partition coefficient (Wildman–Crippen LogP) is 0.429. The maximum absolute atomic E-state index is 11.8. The Morgan fingerprint density at radius 3 is 3.00 bits per heavy atom. The van der Waals surface area contributed by atoms with Crippen LogP contribution in [-0.2, 0) is 11.3 Å². The van der Waals surface area contributed by atoms with Crippen LogP contribution in [0.4, 0.5) is 0 Å². The number of hydroxylamine groups is 1. The molecule has 0 fully saturated rings. The molecule has 1 atom stereocenters. The molecule has 126 valence electrons. The molecule has 0 spiro atoms. The Morgan fingerprint density at radius 2 is 2.33 bits per heavy atom. The first-order chi connectivity index (χ1) is 11.7. The molecule has 0 radical (unpaired) electrons. The van der Waals surface area contributed by atoms with Gasteiger partial charge in [-0.3, -0.25) is 19.6 Å². The zero-order valence-corrected chi connectivity index (χ0v) is 13.2. The summed E-state index contributed by atoms with van der Waals surface area (Å²) in [6.45, 7) is 0.468. The van der Waals surface area contributed by atoms with E-state index in [1.54, 1.807) is 24.8 Å². The number of carbonyl (C=O) groups is 1. The van der Waals surface area contributed by atoms with Crippen LogP contribution in [0.15, 0.2) is 36.0 Å². The Hall–Kier alpha value is -3.07. The van der Waals surface area contributed by atoms with E-state index < -0.39 is 11.8 Å². The fourth-order valence-corrected chi connectivity index (χ4v) is 2.08. The van der Waals surface area contributed by atoms with Crippen LogP contribution < -0.4 is 11.2 Å². The number of H-pyrrole nitrogens is 1. The number of hydrogen-bond donors (Lipinski definition) is 4. The standard InChI is InChI=1S/C15H19N7O2/c1-24-22-15(23)11-4-10(6-18-7-11)13(5-16)14(17)20-3-2-12-8-19-9-21-12/h4-9,13,16H,2-3H2,1H3,(H2,17,20)(H,19,21)(H,22,23). The Labute approximate surface area is 138 Å². The monoisotopic (exact) mass is 329 g/mol. The Balaban J connectivity index is 2.10. The van der Waals surface area contributed by atoms with E-state index in [-0.39, 0.29) is 5.84 Å². The number of rotatable bonds is 8. The van der Waals surface area contributed by atoms with Crippen molar-refractivity contribution in [2.75, 3.05) is 13.7 Å². The van der Waals surface area contributed by atoms with Gasteiger partial charge in [-0.15, -0.1) is 0 Å². The van der Waals surface area contributed by atoms with Gasteiger partial charge in [-0.25, -0.2) is 10.5 Å². The first-order valence-electron chi connectivity index (χ1n) is 7.21. The van der Waals surface area contributed by atoms with Gasteiger partial charge in [0.05, 0.1) is 24.9 Å². The van der Waals surface area contributed by atoms with Crippen molar-refractivity contribution >= 4 is 18.0 Å². The molecule has 0 aliphatic carbocycles. The van der Waals surface area contributed by atoms with Crippen LogP contribution in [0.1, 0.15) is 27.5 Å². The predicted molar refractivity (Wildman–Crippen MR) is 89.0 cm³/mol. The highest BCUT2D eigenvalue weighted by Gasteiger charge is 2.16. The number of hydrogen-bond acceptors (Lipinski definition) is 6. The Kier molecular flexibility index (Phi) is 6.15. The van der Waals surface area contributed by atoms with Crippen molar-refractivity contribution < 1.29 is 9.63 Å². The summed E-state index contributed by atoms with van der Waals surface area (Å²) in [5, 5.41) is 7.61. The minimum Gasteiger partial charge on any atom is -0.387 e. The minimum absolute atomic E-state index is 0.288. The van der Waals surface area contributed by atoms with Gasteiger partial charge in [0.1, 0.15) is 5.84 Å². The molecule has 2 aromatic heterocycles. The van der Waals surface area contributed by atoms with Crippen molar-refractivity contribution in [1.29, 1.82) is 5.41 Å². The normalized spacial score (nSPS) is 12.6. The van der Waals surface area contributed by atoms with Crippen LogP contribution >= 0.6 is 0 Å². The second-order valence-corrected chi connectivity index (χ2v) is 4.92. The lowest BCUT2D eigenvalue weighted by atomic mass is 9.99. The summed E-state index contributed by atoms with van der Waals surface area (Å²) in [4.78, 5) is 31.6. The highest BCUT2D eigenvalue weighted by Crippen LogP contribution is 2.15. The summed E-state index contributed by atoms with van der Waals surface area (Å²) in [6.07, 6.45) is 8.12. The second kappa shape index (κ2) is 8.53. The number of aromatic nitrogens is 3. The third-order valence-corrected chi connectivity index (χ3v) is 3.29. The lowest BCUT2D eigenvalue weighted by Gasteiger charge is -2.12. The smallest absolute Gasteiger partial charge is 0.276 e. The summed E-state index contributed by atoms with van der Waals surface area (Å²) in [6, 6.07) is 1.61. The molecule has 24 heavy (non-hydrogen) atoms. The molecule has 9 nitrogen and oxygen atoms in total. The van der Waals surface area contributed by atoms with Gasteiger partial charge in [-0.05, 0) is 11.6 Å². The number of amidine groups is 1. The number of nitrogens with one attached hydrogen (secondary N) is 3. The van der Waals surface area contributed by atoms with Gasteiger partial charge >= 0.3 is 0 Å². The SMILES string of the molecule is CONC(=O)c1cncc(C(C=N)C(N)=NCCc2cnc[nH]2)c1. The van der Waals surface area contributed by atoms with Crippen molar-refractivity contribution in [2.45, 2.75) is 12.3 Å². The fourth-order valence-electron chi connectivity index (χ4n) is 2.08. The topological polar surface area (TPSA) is 142 Å². The molecule has 0 aliphatic heterocycles. The number of aliphatic imine (C=N–C) groups is 1. The zero-order chi connectivity index (χ0) is 17.4. The first-order valence-corrected chi connectivity index (χ1v) is 7.21. The lowest BCUT2D eigenvalue weighted by Crippen LogP contribution is -2.25. The van der Waals surface area contributed by atoms with E-state index in [9.17, 15) is 4.79 Å². The average Bonchev–Trinajstić information content (AvgIpc) is 3.09. The minimum atomic E-state index is -0.547. The van der Waals surface area contributed by atoms with Crippen LogP contribution in [-0.4, -0.2) is 46.6 Å². The quantitative estimate of drug-likeness (QED) is 0.315. The number of imidazole rings is 1. The highest BCUT2D eigenvalue weighted by molar-refractivity contribution is 6.01. The Morgan fingerprint density at radius 1 is 1.50 bits per heavy atom. The molecular formula is C15H19N7O2. The maximum atomic E-state index is 11.8. The molecule has 5 N–H and O–H groups in total. The van der Waals surface area contributed by atoms with Crippen molar-refractivity contribution in [3.05, 3.63) is 47.8 Å². The summed E-state index contributed by atoms with van der Waals surface area (Å²) in [5.74, 6) is -0.685. The number of pyridine rings is 1. The van der Waals surface area contributed by atoms with E-state index in [1.165, 1.54) is 19.5 Å². The molecule has 1 amide bonds. The van der Waals surface area contributed by atoms with Crippen LogP contribution in [0.25, 0.3) is 0 Å². The van der Waals surface area contributed by atoms with Crippen molar-refractivity contribution in [1.82, 2.24) is 20.4 Å². The number of nitrogens with zero attached hydrogens (tertiary/aromatic N) is 3. The number of amides is 1. The zero-order valence-electron chi connectivity index (χ0n) is 13.2. The van der Waals surface area contributed by atoms with E-state index in [2.05, 4.69) is 30.3 Å². The molecule has 2 aromatic rings. The first kappa shape index (κ1) is 17.3. The molecule has 1 unspecified atom stereocenters. The molecule has 0 saturated heterocycles. The van der Waals surface area contributed by atoms with Gasteiger partial charge in [0.15, 0.2) is 0 Å². The van der Waals surface area contributed by atoms with Crippen LogP contribution in [0.3, 0.4) is 0 Å². The van der Waals surface area contributed by atoms with Crippen molar-refractivity contribution in [2.24, 2.45) is 10.7 Å². The highest BCUT2D eigenvalue weighted by atomic mass is 16.6. The third-order valence-electron chi connectivity index (χ3n) is 3.29. The summed E-state index contributed by atoms with van der Waals surface area (Å²) >= 11 is 0. The molecular weight excluding hydrogens is 310 g/mol. The van der Waals surface area contributed by atoms with Crippen molar-refractivity contribution in [3.63, 3.8) is 0 Å². The van der Waals surface area contributed by atoms with Crippen molar-refractivity contribution in [3.8, 4) is 0 Å². The average molecular weight is 329 g/mol. The third kappa shape index (κ3) is 4.46. The van der Waals surface area contributed by atoms with E-state index in [0.717, 1.165) is 5.69 Å². The van der Waals surface area contributed by atoms with E-state index in [4.69, 9.17) is 11.1 Å². The summed E-state index contributed by atoms with van der Waals surface area (Å²) < 4.78 is 0. The molecule has 9 heteroatoms. The molecule has 0 aliphatic rings. The largest absolute Gasteiger partial charge is 0.387 e. The fraction of sp³-hybridized carbons (Fsp3) is 0.267. The van der Waals surface area contributed by atoms with Gasteiger partial charge in [-0.1, -0.05) is 0 Å². The second-order valence-electron chi connectivity index (χ2n) is 4.92. The number of carbonyl (C=O) groups excluding carboxylic acids is 1. The lowest BCUT2D eigenvalue weighted by molar-refractivity contribution is 0.0537. The molecule has 0 saturated carbocycles. The van der Waals surface area contributed by atoms with Gasteiger partial charge in [0.2, 0.25) is 0 Å². The van der Waals surface area contributed by atoms with E-state index in [0.29, 0.717) is 24.1 Å². The molecule has 2 rings (SSSR count). The van der Waals surface area contributed by atoms with Gasteiger partial charge in [-0.2, -0.15) is 0 Å². The molecule has 0 bridgehead atoms. The number of aromatic amines is 1. The van der Waals surface area contributed by atoms with Crippen LogP contribution in [0, 0.1) is 5.41 Å².